The van der Waals surface area contributed by atoms with Crippen molar-refractivity contribution in [3.8, 4) is 0 Å². The number of piperidine rings is 1. The number of hydrogen-bond donors (Lipinski definition) is 1. The minimum absolute atomic E-state index is 0.128. The highest BCUT2D eigenvalue weighted by Gasteiger charge is 2.31. The van der Waals surface area contributed by atoms with Crippen LogP contribution in [0.4, 0.5) is 5.69 Å². The van der Waals surface area contributed by atoms with Crippen molar-refractivity contribution >= 4 is 41.7 Å². The number of rotatable bonds is 5. The molecule has 2 aromatic carbocycles. The Bertz CT molecular complexity index is 1030. The van der Waals surface area contributed by atoms with Crippen molar-refractivity contribution in [2.45, 2.75) is 30.1 Å². The van der Waals surface area contributed by atoms with Crippen LogP contribution in [0, 0.1) is 11.8 Å². The third-order valence-electron chi connectivity index (χ3n) is 4.70. The molecule has 1 aliphatic rings. The first-order valence-corrected chi connectivity index (χ1v) is 12.7. The molecule has 28 heavy (non-hydrogen) atoms. The van der Waals surface area contributed by atoms with Gasteiger partial charge in [0.25, 0.3) is 10.0 Å². The molecule has 0 bridgehead atoms. The van der Waals surface area contributed by atoms with E-state index in [2.05, 4.69) is 34.5 Å². The maximum atomic E-state index is 12.9. The van der Waals surface area contributed by atoms with Gasteiger partial charge in [-0.25, -0.2) is 16.8 Å². The lowest BCUT2D eigenvalue weighted by molar-refractivity contribution is 0.222. The molecule has 2 unspecified atom stereocenters. The number of benzene rings is 2. The molecule has 0 amide bonds. The summed E-state index contributed by atoms with van der Waals surface area (Å²) in [7, 11) is -7.34. The molecule has 0 aliphatic carbocycles. The Kier molecular flexibility index (Phi) is 6.19. The number of anilines is 1. The molecule has 3 rings (SSSR count). The first-order chi connectivity index (χ1) is 13.1. The summed E-state index contributed by atoms with van der Waals surface area (Å²) in [5, 5.41) is 0. The maximum absolute atomic E-state index is 12.9. The number of nitrogens with zero attached hydrogens (tertiary/aromatic N) is 1. The lowest BCUT2D eigenvalue weighted by atomic mass is 9.94. The van der Waals surface area contributed by atoms with Gasteiger partial charge >= 0.3 is 0 Å². The average Bonchev–Trinajstić information content (AvgIpc) is 2.61. The maximum Gasteiger partial charge on any atom is 0.261 e. The smallest absolute Gasteiger partial charge is 0.261 e. The molecule has 2 atom stereocenters. The van der Waals surface area contributed by atoms with Crippen molar-refractivity contribution < 1.29 is 16.8 Å². The summed E-state index contributed by atoms with van der Waals surface area (Å²) in [5.74, 6) is 0.631. The fraction of sp³-hybridized carbons (Fsp3) is 0.368. The molecule has 0 spiro atoms. The van der Waals surface area contributed by atoms with Crippen LogP contribution in [0.5, 0.6) is 0 Å². The van der Waals surface area contributed by atoms with Crippen molar-refractivity contribution in [1.29, 1.82) is 0 Å². The molecule has 1 fully saturated rings. The topological polar surface area (TPSA) is 83.6 Å². The van der Waals surface area contributed by atoms with Crippen molar-refractivity contribution in [3.05, 3.63) is 53.0 Å². The molecule has 1 saturated heterocycles. The minimum atomic E-state index is -3.74. The molecule has 152 valence electrons. The summed E-state index contributed by atoms with van der Waals surface area (Å²) in [6, 6.07) is 12.1. The summed E-state index contributed by atoms with van der Waals surface area (Å²) >= 11 is 3.27. The Morgan fingerprint density at radius 1 is 0.857 bits per heavy atom. The minimum Gasteiger partial charge on any atom is -0.280 e. The molecule has 1 heterocycles. The molecule has 2 aromatic rings. The summed E-state index contributed by atoms with van der Waals surface area (Å²) in [4.78, 5) is 0.295. The van der Waals surface area contributed by atoms with Crippen LogP contribution in [0.2, 0.25) is 0 Å². The first kappa shape index (κ1) is 21.3. The number of hydrogen-bond acceptors (Lipinski definition) is 4. The second kappa shape index (κ2) is 8.14. The van der Waals surface area contributed by atoms with Gasteiger partial charge in [0.15, 0.2) is 0 Å². The molecule has 9 heteroatoms. The Labute approximate surface area is 175 Å². The Balaban J connectivity index is 1.78. The molecule has 0 aromatic heterocycles. The van der Waals surface area contributed by atoms with E-state index >= 15 is 0 Å². The normalized spacial score (nSPS) is 21.4. The van der Waals surface area contributed by atoms with E-state index in [0.717, 1.165) is 10.9 Å². The zero-order valence-electron chi connectivity index (χ0n) is 15.7. The summed E-state index contributed by atoms with van der Waals surface area (Å²) < 4.78 is 55.5. The van der Waals surface area contributed by atoms with Crippen molar-refractivity contribution in [3.63, 3.8) is 0 Å². The van der Waals surface area contributed by atoms with E-state index < -0.39 is 20.0 Å². The van der Waals surface area contributed by atoms with E-state index in [1.165, 1.54) is 40.7 Å². The van der Waals surface area contributed by atoms with Gasteiger partial charge in [-0.1, -0.05) is 29.8 Å². The van der Waals surface area contributed by atoms with E-state index in [9.17, 15) is 16.8 Å². The van der Waals surface area contributed by atoms with Gasteiger partial charge in [-0.15, -0.1) is 0 Å². The van der Waals surface area contributed by atoms with Gasteiger partial charge in [-0.05, 0) is 66.8 Å². The summed E-state index contributed by atoms with van der Waals surface area (Å²) in [6.07, 6.45) is 1.02. The van der Waals surface area contributed by atoms with Gasteiger partial charge in [0, 0.05) is 23.2 Å². The lowest BCUT2D eigenvalue weighted by Gasteiger charge is -2.34. The largest absolute Gasteiger partial charge is 0.280 e. The highest BCUT2D eigenvalue weighted by atomic mass is 79.9. The van der Waals surface area contributed by atoms with Gasteiger partial charge in [0.1, 0.15) is 0 Å². The van der Waals surface area contributed by atoms with E-state index in [1.807, 2.05) is 0 Å². The molecule has 0 radical (unpaired) electrons. The Morgan fingerprint density at radius 2 is 1.36 bits per heavy atom. The molecular weight excluding hydrogens is 464 g/mol. The molecule has 0 saturated carbocycles. The Morgan fingerprint density at radius 3 is 1.89 bits per heavy atom. The van der Waals surface area contributed by atoms with Gasteiger partial charge in [0.2, 0.25) is 10.0 Å². The van der Waals surface area contributed by atoms with Crippen LogP contribution in [0.25, 0.3) is 0 Å². The Hall–Kier alpha value is -1.42. The lowest BCUT2D eigenvalue weighted by Crippen LogP contribution is -2.42. The van der Waals surface area contributed by atoms with Gasteiger partial charge < -0.3 is 0 Å². The van der Waals surface area contributed by atoms with Gasteiger partial charge in [0.05, 0.1) is 9.79 Å². The van der Waals surface area contributed by atoms with E-state index in [0.29, 0.717) is 30.6 Å². The zero-order chi connectivity index (χ0) is 20.5. The molecular formula is C19H23BrN2O4S2. The van der Waals surface area contributed by atoms with E-state index in [1.54, 1.807) is 12.1 Å². The van der Waals surface area contributed by atoms with Crippen LogP contribution in [0.15, 0.2) is 62.8 Å². The number of halogens is 1. The van der Waals surface area contributed by atoms with E-state index in [-0.39, 0.29) is 9.79 Å². The summed E-state index contributed by atoms with van der Waals surface area (Å²) in [6.45, 7) is 5.12. The van der Waals surface area contributed by atoms with Crippen LogP contribution in [-0.2, 0) is 20.0 Å². The second-order valence-electron chi connectivity index (χ2n) is 7.35. The standard InChI is InChI=1S/C19H23BrN2O4S2/c1-14-11-15(2)13-22(12-14)28(25,26)19-9-5-17(6-10-19)21-27(23,24)18-7-3-16(20)4-8-18/h3-10,14-15,21H,11-13H2,1-2H3. The fourth-order valence-electron chi connectivity index (χ4n) is 3.47. The van der Waals surface area contributed by atoms with Crippen LogP contribution in [0.1, 0.15) is 20.3 Å². The highest BCUT2D eigenvalue weighted by molar-refractivity contribution is 9.10. The van der Waals surface area contributed by atoms with Crippen LogP contribution in [-0.4, -0.2) is 34.2 Å². The third kappa shape index (κ3) is 4.76. The monoisotopic (exact) mass is 486 g/mol. The van der Waals surface area contributed by atoms with Gasteiger partial charge in [-0.3, -0.25) is 4.72 Å². The molecule has 1 aliphatic heterocycles. The second-order valence-corrected chi connectivity index (χ2v) is 11.9. The van der Waals surface area contributed by atoms with Crippen molar-refractivity contribution in [2.75, 3.05) is 17.8 Å². The third-order valence-corrected chi connectivity index (χ3v) is 8.48. The van der Waals surface area contributed by atoms with Crippen LogP contribution < -0.4 is 4.72 Å². The van der Waals surface area contributed by atoms with Crippen molar-refractivity contribution in [2.24, 2.45) is 11.8 Å². The summed E-state index contributed by atoms with van der Waals surface area (Å²) in [5.41, 5.74) is 0.308. The predicted molar refractivity (Wildman–Crippen MR) is 113 cm³/mol. The van der Waals surface area contributed by atoms with Crippen LogP contribution in [0.3, 0.4) is 0 Å². The average molecular weight is 487 g/mol. The number of nitrogens with one attached hydrogen (secondary N) is 1. The highest BCUT2D eigenvalue weighted by Crippen LogP contribution is 2.27. The molecule has 6 nitrogen and oxygen atoms in total. The van der Waals surface area contributed by atoms with Gasteiger partial charge in [-0.2, -0.15) is 4.31 Å². The fourth-order valence-corrected chi connectivity index (χ4v) is 6.48. The van der Waals surface area contributed by atoms with Crippen LogP contribution >= 0.6 is 15.9 Å². The first-order valence-electron chi connectivity index (χ1n) is 8.96. The SMILES string of the molecule is CC1CC(C)CN(S(=O)(=O)c2ccc(NS(=O)(=O)c3ccc(Br)cc3)cc2)C1. The van der Waals surface area contributed by atoms with E-state index in [4.69, 9.17) is 0 Å². The number of sulfonamides is 2. The van der Waals surface area contributed by atoms with Crippen molar-refractivity contribution in [1.82, 2.24) is 4.31 Å². The predicted octanol–water partition coefficient (Wildman–Crippen LogP) is 3.92. The molecule has 1 N–H and O–H groups in total. The zero-order valence-corrected chi connectivity index (χ0v) is 18.9. The quantitative estimate of drug-likeness (QED) is 0.693.